The third-order valence-corrected chi connectivity index (χ3v) is 5.36. The van der Waals surface area contributed by atoms with Gasteiger partial charge >= 0.3 is 12.3 Å². The van der Waals surface area contributed by atoms with Gasteiger partial charge in [0.1, 0.15) is 42.0 Å². The van der Waals surface area contributed by atoms with Gasteiger partial charge in [-0.2, -0.15) is 19.0 Å². The van der Waals surface area contributed by atoms with Gasteiger partial charge in [-0.25, -0.2) is 36.9 Å². The number of hydrogen-bond acceptors (Lipinski definition) is 6. The zero-order valence-corrected chi connectivity index (χ0v) is 19.4. The first-order chi connectivity index (χ1) is 18.0. The van der Waals surface area contributed by atoms with Crippen molar-refractivity contribution in [2.24, 2.45) is 0 Å². The van der Waals surface area contributed by atoms with Crippen molar-refractivity contribution in [3.63, 3.8) is 0 Å². The topological polar surface area (TPSA) is 90.9 Å². The van der Waals surface area contributed by atoms with Crippen LogP contribution in [0.25, 0.3) is 12.2 Å². The summed E-state index contributed by atoms with van der Waals surface area (Å²) >= 11 is 0. The average Bonchev–Trinajstić information content (AvgIpc) is 3.53. The first-order valence-corrected chi connectivity index (χ1v) is 11.0. The van der Waals surface area contributed by atoms with Gasteiger partial charge in [-0.1, -0.05) is 24.3 Å². The molecule has 1 atom stereocenters. The van der Waals surface area contributed by atoms with E-state index >= 15 is 0 Å². The molecule has 0 saturated carbocycles. The van der Waals surface area contributed by atoms with Crippen LogP contribution in [-0.4, -0.2) is 53.6 Å². The summed E-state index contributed by atoms with van der Waals surface area (Å²) in [4.78, 5) is 7.93. The number of nitrogens with zero attached hydrogens (tertiary/aromatic N) is 6. The van der Waals surface area contributed by atoms with E-state index in [0.717, 1.165) is 12.1 Å². The summed E-state index contributed by atoms with van der Waals surface area (Å²) in [5, 5.41) is 19.6. The fourth-order valence-electron chi connectivity index (χ4n) is 3.49. The van der Waals surface area contributed by atoms with E-state index in [9.17, 15) is 31.4 Å². The Balaban J connectivity index is 1.45. The molecule has 38 heavy (non-hydrogen) atoms. The average molecular weight is 538 g/mol. The molecule has 4 aromatic rings. The highest BCUT2D eigenvalue weighted by molar-refractivity contribution is 5.66. The lowest BCUT2D eigenvalue weighted by Gasteiger charge is -2.28. The van der Waals surface area contributed by atoms with Crippen molar-refractivity contribution >= 4 is 12.2 Å². The van der Waals surface area contributed by atoms with E-state index in [1.165, 1.54) is 58.7 Å². The van der Waals surface area contributed by atoms with Gasteiger partial charge in [-0.15, -0.1) is 0 Å². The number of alkyl halides is 4. The fourth-order valence-corrected chi connectivity index (χ4v) is 3.49. The Labute approximate surface area is 211 Å². The van der Waals surface area contributed by atoms with E-state index in [1.54, 1.807) is 6.08 Å². The highest BCUT2D eigenvalue weighted by atomic mass is 19.3. The minimum absolute atomic E-state index is 0.00966. The van der Waals surface area contributed by atoms with Crippen LogP contribution in [0, 0.1) is 11.6 Å². The minimum atomic E-state index is -4.26. The smallest absolute Gasteiger partial charge is 0.340 e. The van der Waals surface area contributed by atoms with Crippen LogP contribution in [0.1, 0.15) is 17.0 Å². The summed E-state index contributed by atoms with van der Waals surface area (Å²) in [7, 11) is 0. The molecule has 8 nitrogen and oxygen atoms in total. The van der Waals surface area contributed by atoms with E-state index in [1.807, 2.05) is 0 Å². The summed E-state index contributed by atoms with van der Waals surface area (Å²) < 4.78 is 85.8. The molecule has 0 aliphatic carbocycles. The largest absolute Gasteiger partial charge is 0.487 e. The van der Waals surface area contributed by atoms with Gasteiger partial charge < -0.3 is 9.84 Å². The summed E-state index contributed by atoms with van der Waals surface area (Å²) in [5.41, 5.74) is -1.46. The second kappa shape index (κ2) is 11.0. The van der Waals surface area contributed by atoms with Gasteiger partial charge in [0.05, 0.1) is 13.1 Å². The molecule has 0 radical (unpaired) electrons. The zero-order valence-electron chi connectivity index (χ0n) is 19.4. The van der Waals surface area contributed by atoms with Crippen LogP contribution < -0.4 is 4.74 Å². The lowest BCUT2D eigenvalue weighted by Crippen LogP contribution is -2.37. The number of halogens is 6. The molecule has 1 N–H and O–H groups in total. The van der Waals surface area contributed by atoms with E-state index in [4.69, 9.17) is 4.74 Å². The molecule has 0 fully saturated rings. The van der Waals surface area contributed by atoms with Crippen molar-refractivity contribution in [1.82, 2.24) is 29.5 Å². The minimum Gasteiger partial charge on any atom is -0.487 e. The molecular formula is C24H20F6N6O2. The van der Waals surface area contributed by atoms with E-state index in [-0.39, 0.29) is 30.2 Å². The molecular weight excluding hydrogens is 518 g/mol. The lowest BCUT2D eigenvalue weighted by atomic mass is 9.93. The number of benzene rings is 2. The molecule has 2 aromatic carbocycles. The van der Waals surface area contributed by atoms with Crippen LogP contribution in [0.5, 0.6) is 5.75 Å². The van der Waals surface area contributed by atoms with Crippen LogP contribution in [0.4, 0.5) is 26.3 Å². The van der Waals surface area contributed by atoms with Crippen LogP contribution in [0.3, 0.4) is 0 Å². The zero-order chi connectivity index (χ0) is 27.3. The number of aromatic nitrogens is 6. The molecule has 0 saturated heterocycles. The summed E-state index contributed by atoms with van der Waals surface area (Å²) in [6, 6.07) is 8.54. The van der Waals surface area contributed by atoms with Gasteiger partial charge in [0.15, 0.2) is 12.4 Å². The molecule has 0 spiro atoms. The number of hydrogen-bond donors (Lipinski definition) is 1. The van der Waals surface area contributed by atoms with Crippen molar-refractivity contribution in [3.8, 4) is 5.75 Å². The van der Waals surface area contributed by atoms with Crippen LogP contribution >= 0.6 is 0 Å². The van der Waals surface area contributed by atoms with Crippen LogP contribution in [0.2, 0.25) is 0 Å². The van der Waals surface area contributed by atoms with Crippen molar-refractivity contribution < 1.29 is 36.2 Å². The van der Waals surface area contributed by atoms with Crippen LogP contribution in [-0.2, 0) is 18.7 Å². The van der Waals surface area contributed by atoms with Crippen molar-refractivity contribution in [1.29, 1.82) is 0 Å². The second-order valence-electron chi connectivity index (χ2n) is 8.30. The maximum atomic E-state index is 14.6. The van der Waals surface area contributed by atoms with E-state index in [2.05, 4.69) is 20.2 Å². The highest BCUT2D eigenvalue weighted by Gasteiger charge is 2.41. The van der Waals surface area contributed by atoms with Gasteiger partial charge in [-0.05, 0) is 29.8 Å². The second-order valence-corrected chi connectivity index (χ2v) is 8.30. The summed E-state index contributed by atoms with van der Waals surface area (Å²) in [6.07, 6.45) is 3.18. The maximum Gasteiger partial charge on any atom is 0.340 e. The Bertz CT molecular complexity index is 1380. The van der Waals surface area contributed by atoms with Crippen LogP contribution in [0.15, 0.2) is 61.4 Å². The Morgan fingerprint density at radius 1 is 0.974 bits per heavy atom. The van der Waals surface area contributed by atoms with Crippen molar-refractivity contribution in [2.45, 2.75) is 31.0 Å². The number of aliphatic hydroxyl groups is 1. The monoisotopic (exact) mass is 538 g/mol. The Hall–Kier alpha value is -4.20. The van der Waals surface area contributed by atoms with Crippen molar-refractivity contribution in [3.05, 3.63) is 90.0 Å². The summed E-state index contributed by atoms with van der Waals surface area (Å²) in [6.45, 7) is -1.92. The molecule has 2 aromatic heterocycles. The maximum absolute atomic E-state index is 14.6. The Morgan fingerprint density at radius 3 is 2.37 bits per heavy atom. The predicted molar refractivity (Wildman–Crippen MR) is 122 cm³/mol. The van der Waals surface area contributed by atoms with Crippen molar-refractivity contribution in [2.75, 3.05) is 6.61 Å². The number of rotatable bonds is 11. The lowest BCUT2D eigenvalue weighted by molar-refractivity contribution is -0.148. The Kier molecular flexibility index (Phi) is 7.80. The molecule has 0 unspecified atom stereocenters. The molecule has 200 valence electrons. The molecule has 4 rings (SSSR count). The first kappa shape index (κ1) is 26.9. The molecule has 0 aliphatic rings. The molecule has 14 heteroatoms. The molecule has 0 amide bonds. The van der Waals surface area contributed by atoms with E-state index < -0.39 is 36.2 Å². The van der Waals surface area contributed by atoms with Gasteiger partial charge in [0, 0.05) is 11.6 Å². The van der Waals surface area contributed by atoms with Gasteiger partial charge in [0.2, 0.25) is 0 Å². The molecule has 2 heterocycles. The molecule has 0 aliphatic heterocycles. The number of ether oxygens (including phenoxy) is 1. The van der Waals surface area contributed by atoms with Gasteiger partial charge in [-0.3, -0.25) is 0 Å². The third kappa shape index (κ3) is 6.56. The fraction of sp³-hybridized carbons (Fsp3) is 0.250. The van der Waals surface area contributed by atoms with Gasteiger partial charge in [0.25, 0.3) is 0 Å². The Morgan fingerprint density at radius 2 is 1.71 bits per heavy atom. The standard InChI is InChI=1S/C24H20F6N6O2/c25-17-4-7-19(20(26)9-17)23(37,10-35-14-31-13-33-35)11-36-15-32-21(34-36)8-3-16-1-5-18(6-2-16)38-12-24(29,30)22(27)28/h1-9,13-15,22,37H,10-12H2/b8-3+/t23-/m1/s1. The quantitative estimate of drug-likeness (QED) is 0.288. The SMILES string of the molecule is O[C@](Cn1cncn1)(Cn1cnc(/C=C/c2ccc(OCC(F)(F)C(F)F)cc2)n1)c1ccc(F)cc1F. The highest BCUT2D eigenvalue weighted by Crippen LogP contribution is 2.28. The normalized spacial score (nSPS) is 13.8. The predicted octanol–water partition coefficient (Wildman–Crippen LogP) is 4.19. The van der Waals surface area contributed by atoms with E-state index in [0.29, 0.717) is 11.6 Å². The first-order valence-electron chi connectivity index (χ1n) is 11.0. The molecule has 0 bridgehead atoms. The third-order valence-electron chi connectivity index (χ3n) is 5.36. The summed E-state index contributed by atoms with van der Waals surface area (Å²) in [5.74, 6) is -5.78.